The lowest BCUT2D eigenvalue weighted by molar-refractivity contribution is -0.125. The first-order valence-electron chi connectivity index (χ1n) is 9.80. The average molecular weight is 426 g/mol. The Kier molecular flexibility index (Phi) is 6.03. The summed E-state index contributed by atoms with van der Waals surface area (Å²) >= 11 is 0. The van der Waals surface area contributed by atoms with E-state index in [0.717, 1.165) is 0 Å². The van der Waals surface area contributed by atoms with E-state index in [1.807, 2.05) is 25.1 Å². The van der Waals surface area contributed by atoms with Crippen molar-refractivity contribution in [3.63, 3.8) is 0 Å². The van der Waals surface area contributed by atoms with Gasteiger partial charge in [-0.1, -0.05) is 12.1 Å². The van der Waals surface area contributed by atoms with E-state index < -0.39 is 17.8 Å². The third kappa shape index (κ3) is 4.77. The smallest absolute Gasteiger partial charge is 0.269 e. The summed E-state index contributed by atoms with van der Waals surface area (Å²) in [5.74, 6) is 0.427. The van der Waals surface area contributed by atoms with Crippen LogP contribution in [0.2, 0.25) is 0 Å². The number of hydrogen-bond donors (Lipinski definition) is 2. The number of aromatic amines is 1. The number of para-hydroxylation sites is 2. The Balaban J connectivity index is 1.56. The lowest BCUT2D eigenvalue weighted by Crippen LogP contribution is -2.40. The zero-order chi connectivity index (χ0) is 21.8. The zero-order valence-corrected chi connectivity index (χ0v) is 17.2. The fourth-order valence-corrected chi connectivity index (χ4v) is 3.08. The molecule has 0 bridgehead atoms. The van der Waals surface area contributed by atoms with Gasteiger partial charge in [0.05, 0.1) is 23.9 Å². The SMILES string of the molecule is CN(C)CCOc1cc(-c2cnc[nH]2)c(F)cc1NC(=O)C1COc2ccccc2O1. The number of hydrogen-bond acceptors (Lipinski definition) is 6. The van der Waals surface area contributed by atoms with Crippen LogP contribution in [0.1, 0.15) is 0 Å². The van der Waals surface area contributed by atoms with Gasteiger partial charge < -0.3 is 29.4 Å². The molecule has 2 heterocycles. The molecule has 0 fully saturated rings. The van der Waals surface area contributed by atoms with Crippen LogP contribution in [-0.4, -0.2) is 60.7 Å². The summed E-state index contributed by atoms with van der Waals surface area (Å²) in [7, 11) is 3.84. The molecule has 8 nitrogen and oxygen atoms in total. The quantitative estimate of drug-likeness (QED) is 0.604. The fourth-order valence-electron chi connectivity index (χ4n) is 3.08. The number of imidazole rings is 1. The molecule has 0 aliphatic carbocycles. The Morgan fingerprint density at radius 1 is 1.32 bits per heavy atom. The molecule has 162 valence electrons. The van der Waals surface area contributed by atoms with Crippen molar-refractivity contribution in [3.8, 4) is 28.5 Å². The van der Waals surface area contributed by atoms with Crippen molar-refractivity contribution in [2.75, 3.05) is 39.2 Å². The van der Waals surface area contributed by atoms with Crippen molar-refractivity contribution in [2.45, 2.75) is 6.10 Å². The van der Waals surface area contributed by atoms with Gasteiger partial charge in [0.1, 0.15) is 24.8 Å². The van der Waals surface area contributed by atoms with Crippen molar-refractivity contribution in [3.05, 3.63) is 54.7 Å². The highest BCUT2D eigenvalue weighted by atomic mass is 19.1. The third-order valence-corrected chi connectivity index (χ3v) is 4.71. The predicted molar refractivity (Wildman–Crippen MR) is 113 cm³/mol. The molecule has 1 aliphatic heterocycles. The van der Waals surface area contributed by atoms with Gasteiger partial charge >= 0.3 is 0 Å². The molecule has 1 aromatic heterocycles. The van der Waals surface area contributed by atoms with Gasteiger partial charge in [-0.25, -0.2) is 9.37 Å². The highest BCUT2D eigenvalue weighted by Gasteiger charge is 2.28. The van der Waals surface area contributed by atoms with Crippen LogP contribution in [0.5, 0.6) is 17.2 Å². The number of H-pyrrole nitrogens is 1. The van der Waals surface area contributed by atoms with Crippen molar-refractivity contribution < 1.29 is 23.4 Å². The van der Waals surface area contributed by atoms with Gasteiger partial charge in [-0.2, -0.15) is 0 Å². The normalized spacial score (nSPS) is 15.0. The van der Waals surface area contributed by atoms with Crippen molar-refractivity contribution in [1.82, 2.24) is 14.9 Å². The molecule has 0 saturated carbocycles. The minimum atomic E-state index is -0.875. The summed E-state index contributed by atoms with van der Waals surface area (Å²) in [6.07, 6.45) is 2.11. The first-order chi connectivity index (χ1) is 15.0. The summed E-state index contributed by atoms with van der Waals surface area (Å²) in [4.78, 5) is 21.6. The van der Waals surface area contributed by atoms with E-state index in [4.69, 9.17) is 14.2 Å². The molecule has 4 rings (SSSR count). The van der Waals surface area contributed by atoms with Crippen LogP contribution in [0, 0.1) is 5.82 Å². The molecule has 0 saturated heterocycles. The van der Waals surface area contributed by atoms with Gasteiger partial charge in [-0.15, -0.1) is 0 Å². The summed E-state index contributed by atoms with van der Waals surface area (Å²) < 4.78 is 32.0. The van der Waals surface area contributed by atoms with E-state index in [0.29, 0.717) is 41.7 Å². The van der Waals surface area contributed by atoms with Crippen molar-refractivity contribution in [2.24, 2.45) is 0 Å². The van der Waals surface area contributed by atoms with E-state index in [9.17, 15) is 9.18 Å². The van der Waals surface area contributed by atoms with Gasteiger partial charge in [-0.05, 0) is 32.3 Å². The number of nitrogens with zero attached hydrogens (tertiary/aromatic N) is 2. The monoisotopic (exact) mass is 426 g/mol. The van der Waals surface area contributed by atoms with Gasteiger partial charge in [-0.3, -0.25) is 4.79 Å². The number of rotatable bonds is 7. The Bertz CT molecular complexity index is 1060. The maximum absolute atomic E-state index is 14.8. The van der Waals surface area contributed by atoms with E-state index in [-0.39, 0.29) is 12.3 Å². The number of amides is 1. The summed E-state index contributed by atoms with van der Waals surface area (Å²) in [6, 6.07) is 9.89. The Morgan fingerprint density at radius 2 is 2.13 bits per heavy atom. The summed E-state index contributed by atoms with van der Waals surface area (Å²) in [5, 5.41) is 2.71. The third-order valence-electron chi connectivity index (χ3n) is 4.71. The van der Waals surface area contributed by atoms with Crippen molar-refractivity contribution >= 4 is 11.6 Å². The molecule has 2 aromatic carbocycles. The number of aromatic nitrogens is 2. The van der Waals surface area contributed by atoms with Crippen LogP contribution < -0.4 is 19.5 Å². The Hall–Kier alpha value is -3.59. The maximum Gasteiger partial charge on any atom is 0.269 e. The molecule has 1 aliphatic rings. The number of carbonyl (C=O) groups excluding carboxylic acids is 1. The lowest BCUT2D eigenvalue weighted by atomic mass is 10.1. The molecule has 0 spiro atoms. The number of halogens is 1. The number of ether oxygens (including phenoxy) is 3. The largest absolute Gasteiger partial charge is 0.490 e. The van der Waals surface area contributed by atoms with E-state index in [2.05, 4.69) is 15.3 Å². The number of anilines is 1. The second-order valence-electron chi connectivity index (χ2n) is 7.30. The first-order valence-corrected chi connectivity index (χ1v) is 9.80. The topological polar surface area (TPSA) is 88.7 Å². The molecule has 31 heavy (non-hydrogen) atoms. The maximum atomic E-state index is 14.8. The standard InChI is InChI=1S/C22H23FN4O4/c1-27(2)7-8-29-20-9-14(17-11-24-13-25-17)15(23)10-16(20)26-22(28)21-12-30-18-5-3-4-6-19(18)31-21/h3-6,9-11,13,21H,7-8,12H2,1-2H3,(H,24,25)(H,26,28). The molecular formula is C22H23FN4O4. The van der Waals surface area contributed by atoms with Gasteiger partial charge in [0.2, 0.25) is 6.10 Å². The van der Waals surface area contributed by atoms with E-state index >= 15 is 0 Å². The number of likely N-dealkylation sites (N-methyl/N-ethyl adjacent to an activating group) is 1. The van der Waals surface area contributed by atoms with Gasteiger partial charge in [0, 0.05) is 18.2 Å². The lowest BCUT2D eigenvalue weighted by Gasteiger charge is -2.26. The average Bonchev–Trinajstić information content (AvgIpc) is 3.29. The second-order valence-corrected chi connectivity index (χ2v) is 7.30. The number of carbonyl (C=O) groups is 1. The molecular weight excluding hydrogens is 403 g/mol. The molecule has 0 radical (unpaired) electrons. The number of nitrogens with one attached hydrogen (secondary N) is 2. The predicted octanol–water partition coefficient (Wildman–Crippen LogP) is 2.93. The van der Waals surface area contributed by atoms with Crippen molar-refractivity contribution in [1.29, 1.82) is 0 Å². The zero-order valence-electron chi connectivity index (χ0n) is 17.2. The molecule has 1 unspecified atom stereocenters. The Labute approximate surface area is 179 Å². The van der Waals surface area contributed by atoms with Crippen LogP contribution in [0.4, 0.5) is 10.1 Å². The molecule has 2 N–H and O–H groups in total. The van der Waals surface area contributed by atoms with E-state index in [1.54, 1.807) is 24.3 Å². The van der Waals surface area contributed by atoms with Gasteiger partial charge in [0.15, 0.2) is 11.5 Å². The van der Waals surface area contributed by atoms with E-state index in [1.165, 1.54) is 18.6 Å². The summed E-state index contributed by atoms with van der Waals surface area (Å²) in [5.41, 5.74) is 1.02. The van der Waals surface area contributed by atoms with Crippen LogP contribution in [-0.2, 0) is 4.79 Å². The van der Waals surface area contributed by atoms with Crippen LogP contribution >= 0.6 is 0 Å². The molecule has 3 aromatic rings. The fraction of sp³-hybridized carbons (Fsp3) is 0.273. The number of fused-ring (bicyclic) bond motifs is 1. The highest BCUT2D eigenvalue weighted by molar-refractivity contribution is 5.96. The minimum Gasteiger partial charge on any atom is -0.490 e. The first kappa shape index (κ1) is 20.7. The van der Waals surface area contributed by atoms with Crippen LogP contribution in [0.25, 0.3) is 11.3 Å². The van der Waals surface area contributed by atoms with Crippen LogP contribution in [0.3, 0.4) is 0 Å². The molecule has 1 amide bonds. The minimum absolute atomic E-state index is 0.0500. The second kappa shape index (κ2) is 9.05. The Morgan fingerprint density at radius 3 is 2.87 bits per heavy atom. The van der Waals surface area contributed by atoms with Gasteiger partial charge in [0.25, 0.3) is 5.91 Å². The molecule has 9 heteroatoms. The van der Waals surface area contributed by atoms with Crippen LogP contribution in [0.15, 0.2) is 48.9 Å². The molecule has 1 atom stereocenters. The number of benzene rings is 2. The summed E-state index contributed by atoms with van der Waals surface area (Å²) in [6.45, 7) is 1.06. The highest BCUT2D eigenvalue weighted by Crippen LogP contribution is 2.34.